The SMILES string of the molecule is C.C.CC(C)(SC(=S)N(c1ccccc1)c1ccccc1)C(=O)O.CC(C)=O.Cl.Cl[C+](Cl)Cl.S=C([S-])N(c1ccccc1)c1ccccc1.[Na+]. The Hall–Kier alpha value is -1.60. The van der Waals surface area contributed by atoms with E-state index in [1.165, 1.54) is 25.6 Å². The van der Waals surface area contributed by atoms with E-state index < -0.39 is 10.7 Å². The fraction of sp³-hybridized carbons (Fsp3) is 0.194. The van der Waals surface area contributed by atoms with E-state index in [0.29, 0.717) is 8.64 Å². The number of carbonyl (C=O) groups is 2. The van der Waals surface area contributed by atoms with Crippen molar-refractivity contribution in [1.82, 2.24) is 0 Å². The molecule has 0 aliphatic rings. The Bertz CT molecular complexity index is 1430. The number of carboxylic acid groups (broad SMARTS) is 1. The molecule has 0 aromatic heterocycles. The molecule has 0 aliphatic carbocycles. The molecule has 0 amide bonds. The summed E-state index contributed by atoms with van der Waals surface area (Å²) in [6, 6.07) is 39.2. The van der Waals surface area contributed by atoms with Crippen LogP contribution in [0.5, 0.6) is 0 Å². The molecule has 0 fully saturated rings. The predicted molar refractivity (Wildman–Crippen MR) is 230 cm³/mol. The minimum absolute atomic E-state index is 0. The third-order valence-electron chi connectivity index (χ3n) is 5.28. The van der Waals surface area contributed by atoms with Gasteiger partial charge >= 0.3 is 39.8 Å². The Labute approximate surface area is 362 Å². The molecule has 0 aliphatic heterocycles. The minimum atomic E-state index is -0.987. The summed E-state index contributed by atoms with van der Waals surface area (Å²) >= 11 is 31.1. The summed E-state index contributed by atoms with van der Waals surface area (Å²) in [4.78, 5) is 24.6. The molecule has 266 valence electrons. The standard InChI is InChI=1S/C17H17NO2S2.C13H11NS2.C3H6O.CCl3.2CH4.ClH.Na/c1-17(2,15(19)20)22-16(21)18(13-9-5-3-6-10-13)14-11-7-4-8-12-14;15-13(16)14(11-7-3-1-4-8-11)12-9-5-2-6-10-12;1-3(2)4;2-1(3)4;;;;/h3-12H,1-2H3,(H,19,20);1-10H,(H,15,16);1-2H3;;2*1H4;1H;/q;;;+1;;;;+1/p-1. The Morgan fingerprint density at radius 3 is 1.10 bits per heavy atom. The maximum atomic E-state index is 11.4. The van der Waals surface area contributed by atoms with Gasteiger partial charge in [-0.2, -0.15) is 0 Å². The van der Waals surface area contributed by atoms with Gasteiger partial charge in [0.25, 0.3) is 0 Å². The van der Waals surface area contributed by atoms with Crippen molar-refractivity contribution in [3.05, 3.63) is 126 Å². The van der Waals surface area contributed by atoms with E-state index in [1.54, 1.807) is 13.8 Å². The van der Waals surface area contributed by atoms with E-state index in [4.69, 9.17) is 71.9 Å². The molecule has 1 N–H and O–H groups in total. The van der Waals surface area contributed by atoms with E-state index in [0.717, 1.165) is 22.7 Å². The number of thiocarbonyl (C=S) groups is 2. The number of nitrogens with zero attached hydrogens (tertiary/aromatic N) is 2. The molecule has 4 rings (SSSR count). The number of benzene rings is 4. The molecule has 5 nitrogen and oxygen atoms in total. The van der Waals surface area contributed by atoms with Crippen LogP contribution in [0, 0.1) is 4.30 Å². The first-order valence-corrected chi connectivity index (χ1v) is 16.6. The van der Waals surface area contributed by atoms with Gasteiger partial charge in [-0.05, 0) is 76.2 Å². The first-order valence-electron chi connectivity index (χ1n) is 13.5. The number of carboxylic acids is 1. The van der Waals surface area contributed by atoms with Gasteiger partial charge in [-0.25, -0.2) is 0 Å². The van der Waals surface area contributed by atoms with Gasteiger partial charge in [0.05, 0.1) is 0 Å². The van der Waals surface area contributed by atoms with Crippen LogP contribution in [-0.4, -0.2) is 30.2 Å². The van der Waals surface area contributed by atoms with E-state index in [2.05, 4.69) is 0 Å². The van der Waals surface area contributed by atoms with Crippen LogP contribution in [0.1, 0.15) is 42.5 Å². The number of Topliss-reactive ketones (excluding diaryl/α,β-unsaturated/α-hetero) is 1. The molecule has 0 heterocycles. The molecule has 4 aromatic rings. The number of anilines is 4. The van der Waals surface area contributed by atoms with Crippen molar-refractivity contribution in [2.45, 2.75) is 47.3 Å². The first-order chi connectivity index (χ1) is 21.7. The van der Waals surface area contributed by atoms with E-state index in [-0.39, 0.29) is 66.9 Å². The van der Waals surface area contributed by atoms with Gasteiger partial charge in [-0.1, -0.05) is 116 Å². The van der Waals surface area contributed by atoms with E-state index >= 15 is 0 Å². The Kier molecular flexibility index (Phi) is 33.0. The summed E-state index contributed by atoms with van der Waals surface area (Å²) in [5.41, 5.74) is 3.81. The summed E-state index contributed by atoms with van der Waals surface area (Å²) in [5, 5.41) is 9.31. The second kappa shape index (κ2) is 29.9. The third kappa shape index (κ3) is 22.4. The van der Waals surface area contributed by atoms with Crippen LogP contribution in [0.4, 0.5) is 22.7 Å². The van der Waals surface area contributed by atoms with Gasteiger partial charge < -0.3 is 39.6 Å². The van der Waals surface area contributed by atoms with E-state index in [1.807, 2.05) is 131 Å². The van der Waals surface area contributed by atoms with Crippen molar-refractivity contribution in [1.29, 1.82) is 0 Å². The monoisotopic (exact) mass is 841 g/mol. The topological polar surface area (TPSA) is 60.9 Å². The van der Waals surface area contributed by atoms with Crippen molar-refractivity contribution >= 4 is 139 Å². The fourth-order valence-electron chi connectivity index (χ4n) is 3.34. The number of para-hydroxylation sites is 4. The zero-order chi connectivity index (χ0) is 34.7. The average molecular weight is 844 g/mol. The van der Waals surface area contributed by atoms with Crippen molar-refractivity contribution in [2.24, 2.45) is 0 Å². The summed E-state index contributed by atoms with van der Waals surface area (Å²) in [6.45, 7) is 6.36. The van der Waals surface area contributed by atoms with Gasteiger partial charge in [0.15, 0.2) is 34.8 Å². The molecule has 0 radical (unpaired) electrons. The van der Waals surface area contributed by atoms with Crippen molar-refractivity contribution in [2.75, 3.05) is 9.80 Å². The number of hydrogen-bond donors (Lipinski definition) is 1. The number of carbonyl (C=O) groups excluding carboxylic acids is 1. The summed E-state index contributed by atoms with van der Waals surface area (Å²) in [7, 11) is 0. The molecule has 0 saturated carbocycles. The molecule has 0 saturated heterocycles. The van der Waals surface area contributed by atoms with Crippen LogP contribution in [0.2, 0.25) is 0 Å². The molecule has 4 aromatic carbocycles. The maximum absolute atomic E-state index is 11.4. The Balaban J connectivity index is -0.000000334. The van der Waals surface area contributed by atoms with Gasteiger partial charge in [0.2, 0.25) is 0 Å². The maximum Gasteiger partial charge on any atom is 1.00 e. The van der Waals surface area contributed by atoms with Crippen LogP contribution in [0.3, 0.4) is 0 Å². The fourth-order valence-corrected chi connectivity index (χ4v) is 5.42. The zero-order valence-electron chi connectivity index (χ0n) is 26.9. The van der Waals surface area contributed by atoms with Gasteiger partial charge in [-0.3, -0.25) is 9.69 Å². The zero-order valence-corrected chi connectivity index (χ0v) is 35.2. The number of ketones is 1. The summed E-state index contributed by atoms with van der Waals surface area (Å²) < 4.78 is -0.221. The van der Waals surface area contributed by atoms with Crippen LogP contribution >= 0.6 is 83.4 Å². The molecule has 14 heteroatoms. The molecular weight excluding hydrogens is 801 g/mol. The molecule has 0 spiro atoms. The second-order valence-corrected chi connectivity index (χ2v) is 14.6. The van der Waals surface area contributed by atoms with Crippen LogP contribution in [0.25, 0.3) is 0 Å². The Morgan fingerprint density at radius 1 is 0.680 bits per heavy atom. The first kappa shape index (κ1) is 55.2. The van der Waals surface area contributed by atoms with Crippen molar-refractivity contribution < 1.29 is 44.3 Å². The molecular formula is C36H42Cl4N2NaO3S4+. The molecule has 0 bridgehead atoms. The van der Waals surface area contributed by atoms with E-state index in [9.17, 15) is 14.7 Å². The second-order valence-electron chi connectivity index (χ2n) is 9.58. The third-order valence-corrected chi connectivity index (χ3v) is 7.12. The summed E-state index contributed by atoms with van der Waals surface area (Å²) in [5.74, 6) is -0.721. The normalized spacial score (nSPS) is 9.02. The Morgan fingerprint density at radius 2 is 0.900 bits per heavy atom. The van der Waals surface area contributed by atoms with Crippen LogP contribution < -0.4 is 39.4 Å². The van der Waals surface area contributed by atoms with Crippen molar-refractivity contribution in [3.8, 4) is 0 Å². The van der Waals surface area contributed by atoms with Gasteiger partial charge in [0.1, 0.15) is 14.9 Å². The van der Waals surface area contributed by atoms with Gasteiger partial charge in [-0.15, -0.1) is 12.4 Å². The summed E-state index contributed by atoms with van der Waals surface area (Å²) in [6.07, 6.45) is 0. The average Bonchev–Trinajstić information content (AvgIpc) is 2.99. The molecule has 0 atom stereocenters. The van der Waals surface area contributed by atoms with Crippen LogP contribution in [0.15, 0.2) is 121 Å². The predicted octanol–water partition coefficient (Wildman–Crippen LogP) is 9.81. The quantitative estimate of drug-likeness (QED) is 0.0886. The van der Waals surface area contributed by atoms with Gasteiger partial charge in [0, 0.05) is 22.7 Å². The minimum Gasteiger partial charge on any atom is -0.480 e. The number of halogens is 4. The van der Waals surface area contributed by atoms with Crippen molar-refractivity contribution in [3.63, 3.8) is 0 Å². The number of hydrogen-bond acceptors (Lipinski definition) is 6. The largest absolute Gasteiger partial charge is 1.00 e. The van der Waals surface area contributed by atoms with Crippen LogP contribution in [-0.2, 0) is 22.2 Å². The molecule has 50 heavy (non-hydrogen) atoms. The smallest absolute Gasteiger partial charge is 0.480 e. The molecule has 0 unspecified atom stereocenters. The number of thioether (sulfide) groups is 1. The number of rotatable bonds is 6. The number of aliphatic carboxylic acids is 1.